The minimum absolute atomic E-state index is 0. The van der Waals surface area contributed by atoms with Crippen molar-refractivity contribution >= 4 is 12.4 Å². The standard InChI is InChI=1S/C24H29NO.ClH/c26-20-10-9-19-16-23-21-8-4-5-12-24(21,22(19)17-20)13-15-25(23)14-11-18-6-2-1-3-7-18;/h1-3,6-7,9-10,17,21,23,26H,4-5,8,11-16H2;1H/t21-,23-,24+;/m0./s1. The van der Waals surface area contributed by atoms with E-state index in [-0.39, 0.29) is 12.4 Å². The minimum atomic E-state index is 0. The van der Waals surface area contributed by atoms with Crippen LogP contribution in [0.1, 0.15) is 48.8 Å². The second kappa shape index (κ2) is 7.48. The van der Waals surface area contributed by atoms with Gasteiger partial charge in [-0.2, -0.15) is 0 Å². The SMILES string of the molecule is Cl.Oc1ccc2c(c1)[C@@]13CCCC[C@H]1[C@H](C2)N(CCc1ccccc1)CC3. The number of benzene rings is 2. The van der Waals surface area contributed by atoms with Crippen molar-refractivity contribution in [3.05, 3.63) is 65.2 Å². The average Bonchev–Trinajstić information content (AvgIpc) is 2.69. The Morgan fingerprint density at radius 3 is 2.74 bits per heavy atom. The predicted octanol–water partition coefficient (Wildman–Crippen LogP) is 5.12. The third-order valence-corrected chi connectivity index (χ3v) is 7.47. The first-order valence-corrected chi connectivity index (χ1v) is 10.4. The normalized spacial score (nSPS) is 29.3. The van der Waals surface area contributed by atoms with Gasteiger partial charge in [0.15, 0.2) is 0 Å². The predicted molar refractivity (Wildman–Crippen MR) is 113 cm³/mol. The Balaban J connectivity index is 0.00000180. The lowest BCUT2D eigenvalue weighted by molar-refractivity contribution is -0.0106. The smallest absolute Gasteiger partial charge is 0.115 e. The highest BCUT2D eigenvalue weighted by Crippen LogP contribution is 2.56. The van der Waals surface area contributed by atoms with Crippen molar-refractivity contribution in [1.29, 1.82) is 0 Å². The van der Waals surface area contributed by atoms with Crippen molar-refractivity contribution in [2.45, 2.75) is 56.4 Å². The summed E-state index contributed by atoms with van der Waals surface area (Å²) in [5.74, 6) is 1.22. The van der Waals surface area contributed by atoms with Crippen molar-refractivity contribution in [3.63, 3.8) is 0 Å². The number of fused-ring (bicyclic) bond motifs is 1. The Hall–Kier alpha value is -1.51. The van der Waals surface area contributed by atoms with E-state index in [9.17, 15) is 5.11 Å². The molecule has 2 fully saturated rings. The molecule has 27 heavy (non-hydrogen) atoms. The van der Waals surface area contributed by atoms with Gasteiger partial charge < -0.3 is 5.11 Å². The molecular weight excluding hydrogens is 354 g/mol. The molecule has 2 aliphatic carbocycles. The maximum Gasteiger partial charge on any atom is 0.115 e. The lowest BCUT2D eigenvalue weighted by Gasteiger charge is -2.59. The number of piperidine rings is 1. The van der Waals surface area contributed by atoms with E-state index in [1.54, 1.807) is 0 Å². The van der Waals surface area contributed by atoms with Crippen LogP contribution in [0.3, 0.4) is 0 Å². The molecular formula is C24H30ClNO. The van der Waals surface area contributed by atoms with Gasteiger partial charge in [0, 0.05) is 18.0 Å². The maximum absolute atomic E-state index is 10.1. The van der Waals surface area contributed by atoms with Crippen molar-refractivity contribution in [1.82, 2.24) is 4.90 Å². The highest BCUT2D eigenvalue weighted by molar-refractivity contribution is 5.85. The third kappa shape index (κ3) is 3.17. The highest BCUT2D eigenvalue weighted by atomic mass is 35.5. The summed E-state index contributed by atoms with van der Waals surface area (Å²) in [5, 5.41) is 10.1. The number of rotatable bonds is 3. The largest absolute Gasteiger partial charge is 0.508 e. The van der Waals surface area contributed by atoms with Crippen LogP contribution in [0.2, 0.25) is 0 Å². The zero-order valence-corrected chi connectivity index (χ0v) is 16.8. The van der Waals surface area contributed by atoms with Gasteiger partial charge in [-0.05, 0) is 73.4 Å². The molecule has 1 N–H and O–H groups in total. The lowest BCUT2D eigenvalue weighted by atomic mass is 9.52. The number of nitrogens with zero attached hydrogens (tertiary/aromatic N) is 1. The molecule has 144 valence electrons. The second-order valence-corrected chi connectivity index (χ2v) is 8.64. The number of hydrogen-bond donors (Lipinski definition) is 1. The zero-order chi connectivity index (χ0) is 17.6. The molecule has 0 unspecified atom stereocenters. The molecule has 2 nitrogen and oxygen atoms in total. The quantitative estimate of drug-likeness (QED) is 0.795. The molecule has 3 atom stereocenters. The number of likely N-dealkylation sites (tertiary alicyclic amines) is 1. The fourth-order valence-corrected chi connectivity index (χ4v) is 6.27. The number of phenols is 1. The van der Waals surface area contributed by atoms with E-state index in [0.29, 0.717) is 17.2 Å². The van der Waals surface area contributed by atoms with E-state index in [0.717, 1.165) is 18.8 Å². The van der Waals surface area contributed by atoms with Crippen LogP contribution in [-0.4, -0.2) is 29.1 Å². The molecule has 2 bridgehead atoms. The Morgan fingerprint density at radius 1 is 1.04 bits per heavy atom. The van der Waals surface area contributed by atoms with Crippen LogP contribution >= 0.6 is 12.4 Å². The average molecular weight is 384 g/mol. The minimum Gasteiger partial charge on any atom is -0.508 e. The second-order valence-electron chi connectivity index (χ2n) is 8.64. The van der Waals surface area contributed by atoms with E-state index in [1.807, 2.05) is 6.07 Å². The molecule has 1 saturated carbocycles. The molecule has 0 aromatic heterocycles. The van der Waals surface area contributed by atoms with Crippen molar-refractivity contribution < 1.29 is 5.11 Å². The van der Waals surface area contributed by atoms with Gasteiger partial charge >= 0.3 is 0 Å². The monoisotopic (exact) mass is 383 g/mol. The number of halogens is 1. The van der Waals surface area contributed by atoms with Gasteiger partial charge in [0.25, 0.3) is 0 Å². The first-order valence-electron chi connectivity index (χ1n) is 10.4. The number of phenolic OH excluding ortho intramolecular Hbond substituents is 1. The molecule has 1 saturated heterocycles. The van der Waals surface area contributed by atoms with Crippen LogP contribution in [0.15, 0.2) is 48.5 Å². The number of hydrogen-bond acceptors (Lipinski definition) is 2. The summed E-state index contributed by atoms with van der Waals surface area (Å²) in [7, 11) is 0. The molecule has 1 heterocycles. The van der Waals surface area contributed by atoms with Gasteiger partial charge in [0.05, 0.1) is 0 Å². The van der Waals surface area contributed by atoms with Crippen LogP contribution in [0, 0.1) is 5.92 Å². The third-order valence-electron chi connectivity index (χ3n) is 7.47. The first-order chi connectivity index (χ1) is 12.8. The molecule has 2 aromatic rings. The summed E-state index contributed by atoms with van der Waals surface area (Å²) in [5.41, 5.74) is 4.77. The molecule has 1 aliphatic heterocycles. The Morgan fingerprint density at radius 2 is 1.89 bits per heavy atom. The topological polar surface area (TPSA) is 23.5 Å². The highest BCUT2D eigenvalue weighted by Gasteiger charge is 2.53. The van der Waals surface area contributed by atoms with Crippen LogP contribution in [0.5, 0.6) is 5.75 Å². The van der Waals surface area contributed by atoms with Crippen LogP contribution in [-0.2, 0) is 18.3 Å². The Labute approximate surface area is 169 Å². The van der Waals surface area contributed by atoms with Crippen molar-refractivity contribution in [3.8, 4) is 5.75 Å². The summed E-state index contributed by atoms with van der Waals surface area (Å²) in [6.07, 6.45) is 8.99. The van der Waals surface area contributed by atoms with Gasteiger partial charge in [0.2, 0.25) is 0 Å². The molecule has 0 radical (unpaired) electrons. The summed E-state index contributed by atoms with van der Waals surface area (Å²) >= 11 is 0. The summed E-state index contributed by atoms with van der Waals surface area (Å²) < 4.78 is 0. The first kappa shape index (κ1) is 18.8. The summed E-state index contributed by atoms with van der Waals surface area (Å²) in [4.78, 5) is 2.79. The molecule has 0 amide bonds. The lowest BCUT2D eigenvalue weighted by Crippen LogP contribution is -2.61. The van der Waals surface area contributed by atoms with E-state index >= 15 is 0 Å². The summed E-state index contributed by atoms with van der Waals surface area (Å²) in [6, 6.07) is 17.8. The zero-order valence-electron chi connectivity index (χ0n) is 15.9. The fraction of sp³-hybridized carbons (Fsp3) is 0.500. The van der Waals surface area contributed by atoms with Crippen LogP contribution in [0.4, 0.5) is 0 Å². The van der Waals surface area contributed by atoms with Crippen molar-refractivity contribution in [2.75, 3.05) is 13.1 Å². The van der Waals surface area contributed by atoms with Gasteiger partial charge in [-0.15, -0.1) is 12.4 Å². The molecule has 3 aliphatic rings. The molecule has 3 heteroatoms. The van der Waals surface area contributed by atoms with E-state index < -0.39 is 0 Å². The molecule has 0 spiro atoms. The van der Waals surface area contributed by atoms with Crippen molar-refractivity contribution in [2.24, 2.45) is 5.92 Å². The fourth-order valence-electron chi connectivity index (χ4n) is 6.27. The molecule has 2 aromatic carbocycles. The van der Waals surface area contributed by atoms with Crippen LogP contribution in [0.25, 0.3) is 0 Å². The van der Waals surface area contributed by atoms with E-state index in [2.05, 4.69) is 47.4 Å². The van der Waals surface area contributed by atoms with Crippen LogP contribution < -0.4 is 0 Å². The molecule has 5 rings (SSSR count). The summed E-state index contributed by atoms with van der Waals surface area (Å²) in [6.45, 7) is 2.39. The van der Waals surface area contributed by atoms with Gasteiger partial charge in [-0.1, -0.05) is 49.2 Å². The Bertz CT molecular complexity index is 792. The number of aromatic hydroxyl groups is 1. The van der Waals surface area contributed by atoms with E-state index in [1.165, 1.54) is 61.9 Å². The Kier molecular flexibility index (Phi) is 5.22. The van der Waals surface area contributed by atoms with Gasteiger partial charge in [-0.3, -0.25) is 4.90 Å². The van der Waals surface area contributed by atoms with E-state index in [4.69, 9.17) is 0 Å². The van der Waals surface area contributed by atoms with Gasteiger partial charge in [-0.25, -0.2) is 0 Å². The van der Waals surface area contributed by atoms with Gasteiger partial charge in [0.1, 0.15) is 5.75 Å². The maximum atomic E-state index is 10.1.